The van der Waals surface area contributed by atoms with Crippen LogP contribution in [0.25, 0.3) is 0 Å². The Balaban J connectivity index is 1.51. The smallest absolute Gasteiger partial charge is 0.449 e. The number of β-lactam (4-membered cyclic amide) rings is 1. The number of carbonyl (C=O) groups is 2. The second kappa shape index (κ2) is 7.88. The van der Waals surface area contributed by atoms with Crippen LogP contribution >= 0.6 is 34.9 Å². The van der Waals surface area contributed by atoms with Crippen LogP contribution in [0.1, 0.15) is 16.4 Å². The molecule has 29 heavy (non-hydrogen) atoms. The fourth-order valence-electron chi connectivity index (χ4n) is 2.96. The van der Waals surface area contributed by atoms with Crippen LogP contribution in [0.3, 0.4) is 0 Å². The number of anilines is 1. The lowest BCUT2D eigenvalue weighted by Crippen LogP contribution is -2.67. The molecule has 10 nitrogen and oxygen atoms in total. The SMILES string of the molecule is Cc1nnc(SCC2=C(OC(=O)O)N3C(=O)C(Nc4nc(C)c(C)[nH]4)[C@@H]3SC2)s1. The largest absolute Gasteiger partial charge is 0.512 e. The van der Waals surface area contributed by atoms with Gasteiger partial charge in [-0.2, -0.15) is 0 Å². The average Bonchev–Trinajstić information content (AvgIpc) is 3.22. The van der Waals surface area contributed by atoms with Crippen LogP contribution in [0.2, 0.25) is 0 Å². The van der Waals surface area contributed by atoms with E-state index in [1.165, 1.54) is 28.0 Å². The lowest BCUT2D eigenvalue weighted by molar-refractivity contribution is -0.143. The number of ether oxygens (including phenoxy) is 1. The van der Waals surface area contributed by atoms with Gasteiger partial charge in [-0.3, -0.25) is 9.69 Å². The minimum atomic E-state index is -1.44. The van der Waals surface area contributed by atoms with Gasteiger partial charge in [0.25, 0.3) is 5.91 Å². The zero-order chi connectivity index (χ0) is 20.7. The van der Waals surface area contributed by atoms with Gasteiger partial charge in [0.1, 0.15) is 16.4 Å². The maximum absolute atomic E-state index is 12.8. The Bertz CT molecular complexity index is 983. The van der Waals surface area contributed by atoms with Crippen molar-refractivity contribution in [2.24, 2.45) is 0 Å². The molecule has 0 saturated carbocycles. The molecule has 0 radical (unpaired) electrons. The Labute approximate surface area is 178 Å². The van der Waals surface area contributed by atoms with Gasteiger partial charge in [-0.15, -0.1) is 22.0 Å². The number of aryl methyl sites for hydroxylation is 3. The lowest BCUT2D eigenvalue weighted by Gasteiger charge is -2.49. The van der Waals surface area contributed by atoms with Crippen molar-refractivity contribution in [3.8, 4) is 0 Å². The third-order valence-electron chi connectivity index (χ3n) is 4.47. The Morgan fingerprint density at radius 1 is 1.41 bits per heavy atom. The molecule has 0 bridgehead atoms. The molecule has 2 aromatic rings. The van der Waals surface area contributed by atoms with Gasteiger partial charge in [0.05, 0.1) is 5.69 Å². The van der Waals surface area contributed by atoms with Crippen molar-refractivity contribution < 1.29 is 19.4 Å². The quantitative estimate of drug-likeness (QED) is 0.340. The van der Waals surface area contributed by atoms with Crippen molar-refractivity contribution in [2.45, 2.75) is 36.5 Å². The van der Waals surface area contributed by atoms with Gasteiger partial charge >= 0.3 is 6.16 Å². The van der Waals surface area contributed by atoms with Crippen molar-refractivity contribution in [2.75, 3.05) is 16.8 Å². The number of nitrogens with zero attached hydrogens (tertiary/aromatic N) is 4. The molecular weight excluding hydrogens is 436 g/mol. The Hall–Kier alpha value is -2.25. The molecular formula is C16H18N6O4S3. The number of fused-ring (bicyclic) bond motifs is 1. The van der Waals surface area contributed by atoms with Crippen LogP contribution in [0, 0.1) is 20.8 Å². The molecule has 0 aliphatic carbocycles. The molecule has 1 fully saturated rings. The van der Waals surface area contributed by atoms with Crippen LogP contribution in [0.15, 0.2) is 15.8 Å². The van der Waals surface area contributed by atoms with E-state index in [9.17, 15) is 9.59 Å². The third-order valence-corrected chi connectivity index (χ3v) is 7.87. The molecule has 154 valence electrons. The highest BCUT2D eigenvalue weighted by Crippen LogP contribution is 2.42. The van der Waals surface area contributed by atoms with E-state index in [2.05, 4.69) is 25.5 Å². The normalized spacial score (nSPS) is 21.1. The Kier molecular flexibility index (Phi) is 5.44. The number of nitrogens with one attached hydrogen (secondary N) is 2. The maximum atomic E-state index is 12.8. The van der Waals surface area contributed by atoms with Crippen molar-refractivity contribution in [3.05, 3.63) is 27.9 Å². The molecule has 2 aliphatic rings. The number of aromatic nitrogens is 4. The van der Waals surface area contributed by atoms with Crippen molar-refractivity contribution >= 4 is 52.9 Å². The van der Waals surface area contributed by atoms with E-state index in [0.717, 1.165) is 26.3 Å². The van der Waals surface area contributed by atoms with Crippen LogP contribution in [0.4, 0.5) is 10.7 Å². The van der Waals surface area contributed by atoms with E-state index in [4.69, 9.17) is 9.84 Å². The number of imidazole rings is 1. The average molecular weight is 455 g/mol. The number of carboxylic acid groups (broad SMARTS) is 1. The number of hydrogen-bond donors (Lipinski definition) is 3. The number of hydrogen-bond acceptors (Lipinski definition) is 10. The highest BCUT2D eigenvalue weighted by atomic mass is 32.2. The van der Waals surface area contributed by atoms with Gasteiger partial charge in [0.2, 0.25) is 11.8 Å². The fourth-order valence-corrected chi connectivity index (χ4v) is 6.22. The standard InChI is InChI=1S/C16H18N6O4S3/c1-6-7(2)18-14(17-6)19-10-11(23)22-12(26-16(24)25)9(4-27-13(10)22)5-28-15-21-20-8(3)29-15/h10,13H,4-5H2,1-3H3,(H,24,25)(H2,17,18,19)/t10?,13-/m0/s1. The first-order chi connectivity index (χ1) is 13.8. The molecule has 13 heteroatoms. The summed E-state index contributed by atoms with van der Waals surface area (Å²) in [6.45, 7) is 5.66. The van der Waals surface area contributed by atoms with Crippen LogP contribution in [-0.4, -0.2) is 65.2 Å². The number of H-pyrrole nitrogens is 1. The highest BCUT2D eigenvalue weighted by molar-refractivity contribution is 8.01. The van der Waals surface area contributed by atoms with E-state index in [1.807, 2.05) is 20.8 Å². The van der Waals surface area contributed by atoms with Crippen LogP contribution in [0.5, 0.6) is 0 Å². The van der Waals surface area contributed by atoms with Crippen molar-refractivity contribution in [1.82, 2.24) is 25.1 Å². The topological polar surface area (TPSA) is 133 Å². The number of amides is 1. The van der Waals surface area contributed by atoms with Gasteiger partial charge in [-0.25, -0.2) is 9.78 Å². The molecule has 2 atom stereocenters. The first-order valence-electron chi connectivity index (χ1n) is 8.63. The van der Waals surface area contributed by atoms with Gasteiger partial charge in [-0.1, -0.05) is 23.1 Å². The molecule has 2 aromatic heterocycles. The number of rotatable bonds is 6. The summed E-state index contributed by atoms with van der Waals surface area (Å²) in [5.41, 5.74) is 2.52. The Morgan fingerprint density at radius 3 is 2.83 bits per heavy atom. The second-order valence-corrected chi connectivity index (χ2v) is 9.99. The molecule has 0 aromatic carbocycles. The summed E-state index contributed by atoms with van der Waals surface area (Å²) in [6, 6.07) is -0.502. The summed E-state index contributed by atoms with van der Waals surface area (Å²) in [4.78, 5) is 32.9. The van der Waals surface area contributed by atoms with E-state index in [-0.39, 0.29) is 17.2 Å². The first-order valence-corrected chi connectivity index (χ1v) is 11.5. The van der Waals surface area contributed by atoms with E-state index in [1.54, 1.807) is 11.8 Å². The van der Waals surface area contributed by atoms with Gasteiger partial charge in [-0.05, 0) is 20.8 Å². The lowest BCUT2D eigenvalue weighted by atomic mass is 10.1. The van der Waals surface area contributed by atoms with E-state index >= 15 is 0 Å². The van der Waals surface area contributed by atoms with Gasteiger partial charge in [0.15, 0.2) is 4.34 Å². The monoisotopic (exact) mass is 454 g/mol. The summed E-state index contributed by atoms with van der Waals surface area (Å²) in [7, 11) is 0. The molecule has 1 amide bonds. The molecule has 4 heterocycles. The molecule has 4 rings (SSSR count). The zero-order valence-electron chi connectivity index (χ0n) is 15.8. The predicted molar refractivity (Wildman–Crippen MR) is 110 cm³/mol. The molecule has 2 aliphatic heterocycles. The molecule has 3 N–H and O–H groups in total. The third kappa shape index (κ3) is 3.94. The molecule has 0 spiro atoms. The zero-order valence-corrected chi connectivity index (χ0v) is 18.2. The number of carbonyl (C=O) groups excluding carboxylic acids is 1. The van der Waals surface area contributed by atoms with Gasteiger partial charge in [0, 0.05) is 22.8 Å². The van der Waals surface area contributed by atoms with E-state index in [0.29, 0.717) is 17.5 Å². The van der Waals surface area contributed by atoms with Crippen molar-refractivity contribution in [1.29, 1.82) is 0 Å². The summed E-state index contributed by atoms with van der Waals surface area (Å²) in [5, 5.41) is 20.9. The minimum Gasteiger partial charge on any atom is -0.449 e. The van der Waals surface area contributed by atoms with Crippen LogP contribution in [-0.2, 0) is 9.53 Å². The molecule has 1 unspecified atom stereocenters. The summed E-state index contributed by atoms with van der Waals surface area (Å²) in [5.74, 6) is 1.39. The van der Waals surface area contributed by atoms with Gasteiger partial charge < -0.3 is 20.1 Å². The molecule has 1 saturated heterocycles. The summed E-state index contributed by atoms with van der Waals surface area (Å²) < 4.78 is 5.80. The van der Waals surface area contributed by atoms with Crippen LogP contribution < -0.4 is 5.32 Å². The number of aromatic amines is 1. The van der Waals surface area contributed by atoms with Crippen molar-refractivity contribution in [3.63, 3.8) is 0 Å². The summed E-state index contributed by atoms with van der Waals surface area (Å²) in [6.07, 6.45) is -1.44. The second-order valence-electron chi connectivity index (χ2n) is 6.48. The first kappa shape index (κ1) is 20.0. The highest BCUT2D eigenvalue weighted by Gasteiger charge is 2.53. The Morgan fingerprint density at radius 2 is 2.21 bits per heavy atom. The summed E-state index contributed by atoms with van der Waals surface area (Å²) >= 11 is 4.47. The fraction of sp³-hybridized carbons (Fsp3) is 0.438. The predicted octanol–water partition coefficient (Wildman–Crippen LogP) is 2.58. The minimum absolute atomic E-state index is 0.102. The number of thioether (sulfide) groups is 2. The maximum Gasteiger partial charge on any atom is 0.512 e. The van der Waals surface area contributed by atoms with E-state index < -0.39 is 12.2 Å².